The molecule has 1 aliphatic heterocycles. The number of hydrogen-bond acceptors (Lipinski definition) is 6. The molecule has 2 aromatic carbocycles. The number of nitro groups is 1. The molecular weight excluding hydrogens is 350 g/mol. The van der Waals surface area contributed by atoms with Gasteiger partial charge in [0.25, 0.3) is 17.5 Å². The standard InChI is InChI=1S/C18H15N5O4/c1-12-20-16(18(25)22(21-12)14-7-3-2-4-8-14)11-19-17(24)13-6-5-9-15(10-13)23(26)27/h2-11H,1H3,(H,19,24)(H,20,21)/b16-11+. The second-order valence-electron chi connectivity index (χ2n) is 5.60. The van der Waals surface area contributed by atoms with Crippen LogP contribution in [0.15, 0.2) is 71.5 Å². The Morgan fingerprint density at radius 2 is 1.96 bits per heavy atom. The Balaban J connectivity index is 1.81. The molecule has 9 nitrogen and oxygen atoms in total. The minimum atomic E-state index is -0.586. The molecule has 9 heteroatoms. The first-order chi connectivity index (χ1) is 13.0. The van der Waals surface area contributed by atoms with Crippen LogP contribution in [0.4, 0.5) is 11.4 Å². The summed E-state index contributed by atoms with van der Waals surface area (Å²) in [6, 6.07) is 14.2. The minimum Gasteiger partial charge on any atom is -0.326 e. The van der Waals surface area contributed by atoms with Crippen molar-refractivity contribution in [3.05, 3.63) is 82.2 Å². The highest BCUT2D eigenvalue weighted by Crippen LogP contribution is 2.18. The predicted molar refractivity (Wildman–Crippen MR) is 98.8 cm³/mol. The molecule has 0 aliphatic carbocycles. The molecule has 2 amide bonds. The maximum atomic E-state index is 12.6. The predicted octanol–water partition coefficient (Wildman–Crippen LogP) is 2.14. The lowest BCUT2D eigenvalue weighted by Gasteiger charge is -2.27. The number of nitrogens with one attached hydrogen (secondary N) is 2. The van der Waals surface area contributed by atoms with Crippen LogP contribution in [0, 0.1) is 10.1 Å². The summed E-state index contributed by atoms with van der Waals surface area (Å²) < 4.78 is 0. The zero-order valence-electron chi connectivity index (χ0n) is 14.2. The Kier molecular flexibility index (Phi) is 4.93. The van der Waals surface area contributed by atoms with Crippen LogP contribution in [-0.2, 0) is 4.79 Å². The molecule has 0 spiro atoms. The Bertz CT molecular complexity index is 969. The Hall–Kier alpha value is -4.01. The first-order valence-corrected chi connectivity index (χ1v) is 7.92. The van der Waals surface area contributed by atoms with Gasteiger partial charge in [0, 0.05) is 23.9 Å². The number of benzene rings is 2. The molecule has 0 saturated heterocycles. The molecular formula is C18H15N5O4. The third-order valence-electron chi connectivity index (χ3n) is 3.66. The number of carbonyl (C=O) groups is 2. The lowest BCUT2D eigenvalue weighted by atomic mass is 10.2. The van der Waals surface area contributed by atoms with Gasteiger partial charge >= 0.3 is 0 Å². The number of para-hydroxylation sites is 1. The van der Waals surface area contributed by atoms with Gasteiger partial charge in [0.1, 0.15) is 11.5 Å². The molecule has 0 atom stereocenters. The van der Waals surface area contributed by atoms with E-state index in [1.807, 2.05) is 6.07 Å². The Morgan fingerprint density at radius 3 is 2.67 bits per heavy atom. The Labute approximate surface area is 154 Å². The number of amidine groups is 1. The normalized spacial score (nSPS) is 15.1. The fraction of sp³-hybridized carbons (Fsp3) is 0.0556. The lowest BCUT2D eigenvalue weighted by molar-refractivity contribution is -0.384. The summed E-state index contributed by atoms with van der Waals surface area (Å²) in [6.07, 6.45) is 1.18. The summed E-state index contributed by atoms with van der Waals surface area (Å²) in [5.41, 5.74) is 3.40. The molecule has 0 saturated carbocycles. The second-order valence-corrected chi connectivity index (χ2v) is 5.60. The summed E-state index contributed by atoms with van der Waals surface area (Å²) in [5.74, 6) is -0.572. The van der Waals surface area contributed by atoms with Gasteiger partial charge in [0.05, 0.1) is 10.6 Å². The average molecular weight is 365 g/mol. The molecule has 1 heterocycles. The number of non-ortho nitro benzene ring substituents is 1. The van der Waals surface area contributed by atoms with E-state index < -0.39 is 16.7 Å². The fourth-order valence-corrected chi connectivity index (χ4v) is 2.41. The zero-order chi connectivity index (χ0) is 19.4. The second kappa shape index (κ2) is 7.48. The number of anilines is 1. The average Bonchev–Trinajstić information content (AvgIpc) is 2.68. The van der Waals surface area contributed by atoms with Crippen LogP contribution in [0.1, 0.15) is 17.3 Å². The van der Waals surface area contributed by atoms with E-state index in [9.17, 15) is 19.7 Å². The molecule has 3 rings (SSSR count). The number of nitrogens with zero attached hydrogens (tertiary/aromatic N) is 3. The number of aliphatic imine (C=N–C) groups is 1. The van der Waals surface area contributed by atoms with Crippen molar-refractivity contribution in [2.45, 2.75) is 6.92 Å². The van der Waals surface area contributed by atoms with Crippen LogP contribution < -0.4 is 15.8 Å². The number of hydrogen-bond donors (Lipinski definition) is 2. The van der Waals surface area contributed by atoms with Crippen molar-refractivity contribution >= 4 is 29.0 Å². The van der Waals surface area contributed by atoms with Crippen LogP contribution in [0.5, 0.6) is 0 Å². The van der Waals surface area contributed by atoms with Crippen LogP contribution in [0.3, 0.4) is 0 Å². The van der Waals surface area contributed by atoms with Crippen LogP contribution in [0.2, 0.25) is 0 Å². The molecule has 2 N–H and O–H groups in total. The third-order valence-corrected chi connectivity index (χ3v) is 3.66. The summed E-state index contributed by atoms with van der Waals surface area (Å²) in [7, 11) is 0. The van der Waals surface area contributed by atoms with Crippen molar-refractivity contribution < 1.29 is 14.5 Å². The van der Waals surface area contributed by atoms with Gasteiger partial charge in [-0.15, -0.1) is 0 Å². The molecule has 2 aromatic rings. The number of hydrazine groups is 1. The summed E-state index contributed by atoms with van der Waals surface area (Å²) in [4.78, 5) is 39.2. The smallest absolute Gasteiger partial charge is 0.297 e. The van der Waals surface area contributed by atoms with Gasteiger partial charge in [-0.1, -0.05) is 24.3 Å². The number of rotatable bonds is 4. The molecule has 0 radical (unpaired) electrons. The quantitative estimate of drug-likeness (QED) is 0.489. The number of amides is 2. The molecule has 136 valence electrons. The largest absolute Gasteiger partial charge is 0.326 e. The topological polar surface area (TPSA) is 117 Å². The first-order valence-electron chi connectivity index (χ1n) is 7.92. The molecule has 0 unspecified atom stereocenters. The lowest BCUT2D eigenvalue weighted by Crippen LogP contribution is -2.49. The van der Waals surface area contributed by atoms with Crippen molar-refractivity contribution in [3.63, 3.8) is 0 Å². The molecule has 27 heavy (non-hydrogen) atoms. The van der Waals surface area contributed by atoms with E-state index in [-0.39, 0.29) is 16.9 Å². The van der Waals surface area contributed by atoms with Crippen molar-refractivity contribution in [1.29, 1.82) is 0 Å². The first kappa shape index (κ1) is 17.8. The SMILES string of the molecule is CC1=N/C(=C/NC(=O)c2cccc([N+](=O)[O-])c2)C(=O)N(c2ccccc2)N1. The van der Waals surface area contributed by atoms with Gasteiger partial charge in [-0.3, -0.25) is 25.1 Å². The van der Waals surface area contributed by atoms with Gasteiger partial charge in [-0.2, -0.15) is 0 Å². The maximum Gasteiger partial charge on any atom is 0.297 e. The Morgan fingerprint density at radius 1 is 1.22 bits per heavy atom. The van der Waals surface area contributed by atoms with E-state index in [1.54, 1.807) is 31.2 Å². The molecule has 0 bridgehead atoms. The monoisotopic (exact) mass is 365 g/mol. The highest BCUT2D eigenvalue weighted by atomic mass is 16.6. The van der Waals surface area contributed by atoms with Crippen molar-refractivity contribution in [2.75, 3.05) is 5.01 Å². The van der Waals surface area contributed by atoms with Crippen molar-refractivity contribution in [1.82, 2.24) is 10.7 Å². The molecule has 0 aromatic heterocycles. The molecule has 0 fully saturated rings. The fourth-order valence-electron chi connectivity index (χ4n) is 2.41. The zero-order valence-corrected chi connectivity index (χ0v) is 14.2. The van der Waals surface area contributed by atoms with Crippen molar-refractivity contribution in [3.8, 4) is 0 Å². The van der Waals surface area contributed by atoms with Crippen LogP contribution >= 0.6 is 0 Å². The maximum absolute atomic E-state index is 12.6. The van der Waals surface area contributed by atoms with Gasteiger partial charge in [-0.25, -0.2) is 10.0 Å². The molecule has 1 aliphatic rings. The minimum absolute atomic E-state index is 0.0221. The van der Waals surface area contributed by atoms with E-state index >= 15 is 0 Å². The third kappa shape index (κ3) is 3.98. The van der Waals surface area contributed by atoms with Gasteiger partial charge < -0.3 is 5.32 Å². The van der Waals surface area contributed by atoms with E-state index in [2.05, 4.69) is 15.7 Å². The number of nitro benzene ring substituents is 1. The highest BCUT2D eigenvalue weighted by molar-refractivity contribution is 6.11. The van der Waals surface area contributed by atoms with Crippen LogP contribution in [0.25, 0.3) is 0 Å². The van der Waals surface area contributed by atoms with Crippen LogP contribution in [-0.4, -0.2) is 22.6 Å². The van der Waals surface area contributed by atoms with Gasteiger partial charge in [-0.05, 0) is 25.1 Å². The highest BCUT2D eigenvalue weighted by Gasteiger charge is 2.25. The summed E-state index contributed by atoms with van der Waals surface area (Å²) in [6.45, 7) is 1.68. The van der Waals surface area contributed by atoms with E-state index in [0.29, 0.717) is 11.5 Å². The van der Waals surface area contributed by atoms with Gasteiger partial charge in [0.15, 0.2) is 0 Å². The summed E-state index contributed by atoms with van der Waals surface area (Å²) >= 11 is 0. The van der Waals surface area contributed by atoms with Gasteiger partial charge in [0.2, 0.25) is 0 Å². The van der Waals surface area contributed by atoms with E-state index in [0.717, 1.165) is 6.07 Å². The number of carbonyl (C=O) groups excluding carboxylic acids is 2. The van der Waals surface area contributed by atoms with E-state index in [4.69, 9.17) is 0 Å². The van der Waals surface area contributed by atoms with E-state index in [1.165, 1.54) is 29.4 Å². The van der Waals surface area contributed by atoms with Crippen molar-refractivity contribution in [2.24, 2.45) is 4.99 Å². The summed E-state index contributed by atoms with van der Waals surface area (Å²) in [5, 5.41) is 14.6.